The molecule has 0 amide bonds. The van der Waals surface area contributed by atoms with Gasteiger partial charge in [0.1, 0.15) is 0 Å². The summed E-state index contributed by atoms with van der Waals surface area (Å²) < 4.78 is 11.1. The molecule has 0 aliphatic rings. The van der Waals surface area contributed by atoms with E-state index >= 15 is 0 Å². The topological polar surface area (TPSA) is 30.5 Å². The molecule has 0 aromatic heterocycles. The molecule has 0 spiro atoms. The molecule has 3 heteroatoms. The van der Waals surface area contributed by atoms with Crippen molar-refractivity contribution in [1.82, 2.24) is 0 Å². The van der Waals surface area contributed by atoms with E-state index in [2.05, 4.69) is 43.4 Å². The Morgan fingerprint density at radius 1 is 1.00 bits per heavy atom. The summed E-state index contributed by atoms with van der Waals surface area (Å²) in [4.78, 5) is 0. The number of anilines is 1. The van der Waals surface area contributed by atoms with Crippen LogP contribution in [-0.2, 0) is 6.54 Å². The van der Waals surface area contributed by atoms with Gasteiger partial charge in [-0.3, -0.25) is 0 Å². The molecular formula is C18H23NO2. The number of hydrogen-bond acceptors (Lipinski definition) is 3. The zero-order valence-corrected chi connectivity index (χ0v) is 13.2. The van der Waals surface area contributed by atoms with Crippen LogP contribution < -0.4 is 14.8 Å². The highest BCUT2D eigenvalue weighted by Gasteiger charge is 2.10. The maximum atomic E-state index is 5.74. The number of hydrogen-bond donors (Lipinski definition) is 1. The second kappa shape index (κ2) is 7.02. The van der Waals surface area contributed by atoms with Gasteiger partial charge in [-0.1, -0.05) is 30.3 Å². The van der Waals surface area contributed by atoms with Crippen LogP contribution in [0.4, 0.5) is 5.69 Å². The van der Waals surface area contributed by atoms with E-state index in [0.717, 1.165) is 17.1 Å². The number of rotatable bonds is 6. The smallest absolute Gasteiger partial charge is 0.166 e. The Morgan fingerprint density at radius 2 is 1.67 bits per heavy atom. The van der Waals surface area contributed by atoms with Crippen LogP contribution in [0, 0.1) is 13.8 Å². The molecule has 1 N–H and O–H groups in total. The first-order chi connectivity index (χ1) is 10.2. The Labute approximate surface area is 126 Å². The monoisotopic (exact) mass is 285 g/mol. The average molecular weight is 285 g/mol. The summed E-state index contributed by atoms with van der Waals surface area (Å²) in [5.41, 5.74) is 4.77. The molecule has 21 heavy (non-hydrogen) atoms. The van der Waals surface area contributed by atoms with Crippen molar-refractivity contribution in [2.75, 3.05) is 19.0 Å². The van der Waals surface area contributed by atoms with Gasteiger partial charge in [-0.05, 0) is 38.0 Å². The van der Waals surface area contributed by atoms with E-state index in [9.17, 15) is 0 Å². The van der Waals surface area contributed by atoms with Crippen LogP contribution in [0.3, 0.4) is 0 Å². The minimum atomic E-state index is 0.622. The number of methoxy groups -OCH3 is 1. The average Bonchev–Trinajstić information content (AvgIpc) is 2.48. The largest absolute Gasteiger partial charge is 0.493 e. The van der Waals surface area contributed by atoms with E-state index < -0.39 is 0 Å². The van der Waals surface area contributed by atoms with Crippen molar-refractivity contribution in [1.29, 1.82) is 0 Å². The molecule has 3 nitrogen and oxygen atoms in total. The van der Waals surface area contributed by atoms with Gasteiger partial charge in [0, 0.05) is 17.8 Å². The SMILES string of the molecule is CCOc1c(CNc2c(C)cccc2C)cccc1OC. The highest BCUT2D eigenvalue weighted by atomic mass is 16.5. The van der Waals surface area contributed by atoms with Crippen LogP contribution in [0.2, 0.25) is 0 Å². The first kappa shape index (κ1) is 15.2. The molecular weight excluding hydrogens is 262 g/mol. The van der Waals surface area contributed by atoms with E-state index in [4.69, 9.17) is 9.47 Å². The van der Waals surface area contributed by atoms with Crippen molar-refractivity contribution in [3.05, 3.63) is 53.1 Å². The van der Waals surface area contributed by atoms with Gasteiger partial charge in [-0.25, -0.2) is 0 Å². The van der Waals surface area contributed by atoms with Crippen molar-refractivity contribution in [2.45, 2.75) is 27.3 Å². The Kier molecular flexibility index (Phi) is 5.09. The molecule has 0 bridgehead atoms. The lowest BCUT2D eigenvalue weighted by Gasteiger charge is -2.17. The number of nitrogens with one attached hydrogen (secondary N) is 1. The number of para-hydroxylation sites is 2. The normalized spacial score (nSPS) is 10.3. The zero-order chi connectivity index (χ0) is 15.2. The Morgan fingerprint density at radius 3 is 2.29 bits per heavy atom. The fourth-order valence-corrected chi connectivity index (χ4v) is 2.45. The molecule has 2 aromatic carbocycles. The van der Waals surface area contributed by atoms with Crippen LogP contribution in [0.25, 0.3) is 0 Å². The Hall–Kier alpha value is -2.16. The lowest BCUT2D eigenvalue weighted by atomic mass is 10.1. The van der Waals surface area contributed by atoms with Gasteiger partial charge in [-0.2, -0.15) is 0 Å². The molecule has 2 rings (SSSR count). The molecule has 0 radical (unpaired) electrons. The predicted molar refractivity (Wildman–Crippen MR) is 87.4 cm³/mol. The predicted octanol–water partition coefficient (Wildman–Crippen LogP) is 4.32. The molecule has 0 saturated heterocycles. The quantitative estimate of drug-likeness (QED) is 0.857. The number of ether oxygens (including phenoxy) is 2. The lowest BCUT2D eigenvalue weighted by molar-refractivity contribution is 0.308. The van der Waals surface area contributed by atoms with Crippen molar-refractivity contribution in [3.8, 4) is 11.5 Å². The maximum absolute atomic E-state index is 5.74. The van der Waals surface area contributed by atoms with Gasteiger partial charge in [0.15, 0.2) is 11.5 Å². The van der Waals surface area contributed by atoms with E-state index in [0.29, 0.717) is 13.2 Å². The fraction of sp³-hybridized carbons (Fsp3) is 0.333. The molecule has 0 fully saturated rings. The van der Waals surface area contributed by atoms with Gasteiger partial charge in [0.05, 0.1) is 13.7 Å². The molecule has 112 valence electrons. The second-order valence-electron chi connectivity index (χ2n) is 5.00. The summed E-state index contributed by atoms with van der Waals surface area (Å²) in [7, 11) is 1.67. The Bertz CT molecular complexity index is 588. The molecule has 2 aromatic rings. The number of aryl methyl sites for hydroxylation is 2. The third kappa shape index (κ3) is 3.48. The third-order valence-corrected chi connectivity index (χ3v) is 3.51. The lowest BCUT2D eigenvalue weighted by Crippen LogP contribution is -2.06. The molecule has 0 atom stereocenters. The van der Waals surface area contributed by atoms with E-state index in [-0.39, 0.29) is 0 Å². The van der Waals surface area contributed by atoms with Crippen LogP contribution in [0.1, 0.15) is 23.6 Å². The summed E-state index contributed by atoms with van der Waals surface area (Å²) in [6, 6.07) is 12.3. The first-order valence-corrected chi connectivity index (χ1v) is 7.26. The van der Waals surface area contributed by atoms with Crippen LogP contribution in [-0.4, -0.2) is 13.7 Å². The van der Waals surface area contributed by atoms with Crippen molar-refractivity contribution < 1.29 is 9.47 Å². The van der Waals surface area contributed by atoms with Crippen molar-refractivity contribution in [3.63, 3.8) is 0 Å². The summed E-state index contributed by atoms with van der Waals surface area (Å²) in [5.74, 6) is 1.60. The zero-order valence-electron chi connectivity index (χ0n) is 13.2. The minimum absolute atomic E-state index is 0.622. The summed E-state index contributed by atoms with van der Waals surface area (Å²) in [6.07, 6.45) is 0. The van der Waals surface area contributed by atoms with E-state index in [1.807, 2.05) is 19.1 Å². The fourth-order valence-electron chi connectivity index (χ4n) is 2.45. The van der Waals surface area contributed by atoms with Crippen LogP contribution in [0.5, 0.6) is 11.5 Å². The van der Waals surface area contributed by atoms with E-state index in [1.165, 1.54) is 16.8 Å². The maximum Gasteiger partial charge on any atom is 0.166 e. The van der Waals surface area contributed by atoms with Crippen molar-refractivity contribution in [2.24, 2.45) is 0 Å². The summed E-state index contributed by atoms with van der Waals surface area (Å²) >= 11 is 0. The van der Waals surface area contributed by atoms with Gasteiger partial charge >= 0.3 is 0 Å². The first-order valence-electron chi connectivity index (χ1n) is 7.26. The molecule has 0 aliphatic heterocycles. The molecule has 0 saturated carbocycles. The highest BCUT2D eigenvalue weighted by molar-refractivity contribution is 5.58. The standard InChI is InChI=1S/C18H23NO2/c1-5-21-18-15(10-7-11-16(18)20-4)12-19-17-13(2)8-6-9-14(17)3/h6-11,19H,5,12H2,1-4H3. The molecule has 0 unspecified atom stereocenters. The van der Waals surface area contributed by atoms with Crippen LogP contribution in [0.15, 0.2) is 36.4 Å². The third-order valence-electron chi connectivity index (χ3n) is 3.51. The highest BCUT2D eigenvalue weighted by Crippen LogP contribution is 2.32. The Balaban J connectivity index is 2.24. The summed E-state index contributed by atoms with van der Waals surface area (Å²) in [5, 5.41) is 3.51. The summed E-state index contributed by atoms with van der Waals surface area (Å²) in [6.45, 7) is 7.54. The van der Waals surface area contributed by atoms with E-state index in [1.54, 1.807) is 7.11 Å². The van der Waals surface area contributed by atoms with Gasteiger partial charge in [0.2, 0.25) is 0 Å². The van der Waals surface area contributed by atoms with Crippen LogP contribution >= 0.6 is 0 Å². The van der Waals surface area contributed by atoms with Gasteiger partial charge < -0.3 is 14.8 Å². The molecule has 0 aliphatic carbocycles. The second-order valence-corrected chi connectivity index (χ2v) is 5.00. The van der Waals surface area contributed by atoms with Gasteiger partial charge in [0.25, 0.3) is 0 Å². The minimum Gasteiger partial charge on any atom is -0.493 e. The number of benzene rings is 2. The van der Waals surface area contributed by atoms with Crippen molar-refractivity contribution >= 4 is 5.69 Å². The van der Waals surface area contributed by atoms with Gasteiger partial charge in [-0.15, -0.1) is 0 Å². The molecule has 0 heterocycles.